The second kappa shape index (κ2) is 4.63. The van der Waals surface area contributed by atoms with Gasteiger partial charge in [-0.15, -0.1) is 0 Å². The minimum Gasteiger partial charge on any atom is -0.375 e. The molecule has 1 N–H and O–H groups in total. The average molecular weight is 197 g/mol. The monoisotopic (exact) mass is 197 g/mol. The van der Waals surface area contributed by atoms with E-state index < -0.39 is 0 Å². The van der Waals surface area contributed by atoms with Crippen LogP contribution in [-0.2, 0) is 4.74 Å². The van der Waals surface area contributed by atoms with E-state index in [0.717, 1.165) is 13.2 Å². The maximum Gasteiger partial charge on any atom is 0.0697 e. The van der Waals surface area contributed by atoms with Crippen LogP contribution in [0.5, 0.6) is 0 Å². The summed E-state index contributed by atoms with van der Waals surface area (Å²) in [5.41, 5.74) is 0.267. The fraction of sp³-hybridized carbons (Fsp3) is 1.00. The molecule has 1 spiro atoms. The molecule has 2 aliphatic rings. The first-order valence-corrected chi connectivity index (χ1v) is 6.22. The van der Waals surface area contributed by atoms with E-state index in [-0.39, 0.29) is 5.60 Å². The van der Waals surface area contributed by atoms with Crippen LogP contribution in [0.4, 0.5) is 0 Å². The summed E-state index contributed by atoms with van der Waals surface area (Å²) in [7, 11) is 0. The molecule has 82 valence electrons. The van der Waals surface area contributed by atoms with E-state index in [0.29, 0.717) is 6.04 Å². The zero-order chi connectivity index (χ0) is 9.86. The van der Waals surface area contributed by atoms with Gasteiger partial charge in [-0.1, -0.05) is 26.2 Å². The third kappa shape index (κ3) is 2.29. The van der Waals surface area contributed by atoms with Crippen LogP contribution < -0.4 is 5.32 Å². The van der Waals surface area contributed by atoms with E-state index in [4.69, 9.17) is 4.74 Å². The minimum atomic E-state index is 0.267. The lowest BCUT2D eigenvalue weighted by molar-refractivity contribution is -0.108. The molecule has 1 aliphatic heterocycles. The predicted octanol–water partition coefficient (Wildman–Crippen LogP) is 2.48. The van der Waals surface area contributed by atoms with Gasteiger partial charge in [0.1, 0.15) is 0 Å². The molecule has 0 radical (unpaired) electrons. The van der Waals surface area contributed by atoms with Crippen molar-refractivity contribution in [3.8, 4) is 0 Å². The predicted molar refractivity (Wildman–Crippen MR) is 58.5 cm³/mol. The molecule has 1 aliphatic carbocycles. The van der Waals surface area contributed by atoms with Gasteiger partial charge in [0, 0.05) is 12.6 Å². The molecule has 0 aromatic rings. The second-order valence-corrected chi connectivity index (χ2v) is 4.84. The quantitative estimate of drug-likeness (QED) is 0.734. The van der Waals surface area contributed by atoms with Crippen molar-refractivity contribution in [3.63, 3.8) is 0 Å². The Morgan fingerprint density at radius 2 is 2.07 bits per heavy atom. The van der Waals surface area contributed by atoms with Gasteiger partial charge in [-0.3, -0.25) is 0 Å². The molecule has 2 nitrogen and oxygen atoms in total. The Labute approximate surface area is 87.4 Å². The molecular formula is C12H23NO. The molecule has 1 saturated heterocycles. The van der Waals surface area contributed by atoms with Crippen molar-refractivity contribution >= 4 is 0 Å². The Morgan fingerprint density at radius 1 is 1.29 bits per heavy atom. The van der Waals surface area contributed by atoms with Gasteiger partial charge < -0.3 is 10.1 Å². The Hall–Kier alpha value is -0.0800. The van der Waals surface area contributed by atoms with E-state index in [1.807, 2.05) is 0 Å². The first-order valence-electron chi connectivity index (χ1n) is 6.22. The van der Waals surface area contributed by atoms with Crippen LogP contribution in [0, 0.1) is 0 Å². The molecule has 1 atom stereocenters. The SMILES string of the molecule is CCNC1CCOC2(CCCCC2)C1. The van der Waals surface area contributed by atoms with Gasteiger partial charge in [0.25, 0.3) is 0 Å². The lowest BCUT2D eigenvalue weighted by atomic mass is 9.78. The van der Waals surface area contributed by atoms with Gasteiger partial charge in [-0.2, -0.15) is 0 Å². The van der Waals surface area contributed by atoms with Crippen LogP contribution in [0.15, 0.2) is 0 Å². The minimum absolute atomic E-state index is 0.267. The van der Waals surface area contributed by atoms with E-state index in [1.54, 1.807) is 0 Å². The Kier molecular flexibility index (Phi) is 3.45. The van der Waals surface area contributed by atoms with E-state index >= 15 is 0 Å². The maximum atomic E-state index is 6.04. The van der Waals surface area contributed by atoms with Gasteiger partial charge in [-0.05, 0) is 32.2 Å². The van der Waals surface area contributed by atoms with Crippen molar-refractivity contribution < 1.29 is 4.74 Å². The van der Waals surface area contributed by atoms with Crippen molar-refractivity contribution in [3.05, 3.63) is 0 Å². The van der Waals surface area contributed by atoms with Crippen molar-refractivity contribution in [2.75, 3.05) is 13.2 Å². The fourth-order valence-electron chi connectivity index (χ4n) is 3.04. The number of rotatable bonds is 2. The lowest BCUT2D eigenvalue weighted by Gasteiger charge is -2.43. The number of nitrogens with one attached hydrogen (secondary N) is 1. The van der Waals surface area contributed by atoms with Crippen LogP contribution in [-0.4, -0.2) is 24.8 Å². The van der Waals surface area contributed by atoms with Gasteiger partial charge in [0.2, 0.25) is 0 Å². The van der Waals surface area contributed by atoms with Crippen LogP contribution >= 0.6 is 0 Å². The zero-order valence-electron chi connectivity index (χ0n) is 9.35. The summed E-state index contributed by atoms with van der Waals surface area (Å²) in [6, 6.07) is 0.715. The van der Waals surface area contributed by atoms with E-state index in [1.165, 1.54) is 44.9 Å². The summed E-state index contributed by atoms with van der Waals surface area (Å²) in [6.45, 7) is 4.27. The van der Waals surface area contributed by atoms with Gasteiger partial charge >= 0.3 is 0 Å². The highest BCUT2D eigenvalue weighted by molar-refractivity contribution is 4.91. The van der Waals surface area contributed by atoms with E-state index in [9.17, 15) is 0 Å². The molecule has 1 saturated carbocycles. The summed E-state index contributed by atoms with van der Waals surface area (Å²) >= 11 is 0. The maximum absolute atomic E-state index is 6.04. The third-order valence-electron chi connectivity index (χ3n) is 3.75. The van der Waals surface area contributed by atoms with Gasteiger partial charge in [0.15, 0.2) is 0 Å². The molecular weight excluding hydrogens is 174 g/mol. The summed E-state index contributed by atoms with van der Waals surface area (Å²) in [6.07, 6.45) is 9.22. The summed E-state index contributed by atoms with van der Waals surface area (Å²) in [5, 5.41) is 3.58. The molecule has 0 amide bonds. The summed E-state index contributed by atoms with van der Waals surface area (Å²) in [4.78, 5) is 0. The lowest BCUT2D eigenvalue weighted by Crippen LogP contribution is -2.48. The Morgan fingerprint density at radius 3 is 2.79 bits per heavy atom. The highest BCUT2D eigenvalue weighted by Crippen LogP contribution is 2.38. The normalized spacial score (nSPS) is 31.9. The third-order valence-corrected chi connectivity index (χ3v) is 3.75. The average Bonchev–Trinajstić information content (AvgIpc) is 2.19. The number of hydrogen-bond donors (Lipinski definition) is 1. The van der Waals surface area contributed by atoms with Crippen molar-refractivity contribution in [2.24, 2.45) is 0 Å². The van der Waals surface area contributed by atoms with Crippen LogP contribution in [0.1, 0.15) is 51.9 Å². The van der Waals surface area contributed by atoms with Crippen molar-refractivity contribution in [1.82, 2.24) is 5.32 Å². The molecule has 14 heavy (non-hydrogen) atoms. The Balaban J connectivity index is 1.91. The molecule has 0 bridgehead atoms. The van der Waals surface area contributed by atoms with Crippen LogP contribution in [0.25, 0.3) is 0 Å². The summed E-state index contributed by atoms with van der Waals surface area (Å²) < 4.78 is 6.04. The molecule has 0 aromatic heterocycles. The zero-order valence-corrected chi connectivity index (χ0v) is 9.35. The molecule has 1 unspecified atom stereocenters. The first-order chi connectivity index (χ1) is 6.85. The Bertz CT molecular complexity index is 168. The molecule has 1 heterocycles. The first kappa shape index (κ1) is 10.4. The fourth-order valence-corrected chi connectivity index (χ4v) is 3.04. The van der Waals surface area contributed by atoms with Gasteiger partial charge in [-0.25, -0.2) is 0 Å². The summed E-state index contributed by atoms with van der Waals surface area (Å²) in [5.74, 6) is 0. The van der Waals surface area contributed by atoms with Crippen LogP contribution in [0.3, 0.4) is 0 Å². The molecule has 2 heteroatoms. The van der Waals surface area contributed by atoms with E-state index in [2.05, 4.69) is 12.2 Å². The van der Waals surface area contributed by atoms with Crippen molar-refractivity contribution in [1.29, 1.82) is 0 Å². The molecule has 2 fully saturated rings. The second-order valence-electron chi connectivity index (χ2n) is 4.84. The topological polar surface area (TPSA) is 21.3 Å². The van der Waals surface area contributed by atoms with Crippen molar-refractivity contribution in [2.45, 2.75) is 63.5 Å². The number of ether oxygens (including phenoxy) is 1. The number of hydrogen-bond acceptors (Lipinski definition) is 2. The molecule has 2 rings (SSSR count). The smallest absolute Gasteiger partial charge is 0.0697 e. The largest absolute Gasteiger partial charge is 0.375 e. The van der Waals surface area contributed by atoms with Gasteiger partial charge in [0.05, 0.1) is 5.60 Å². The highest BCUT2D eigenvalue weighted by atomic mass is 16.5. The molecule has 0 aromatic carbocycles. The highest BCUT2D eigenvalue weighted by Gasteiger charge is 2.37. The van der Waals surface area contributed by atoms with Crippen LogP contribution in [0.2, 0.25) is 0 Å². The standard InChI is InChI=1S/C12H23NO/c1-2-13-11-6-9-14-12(10-11)7-4-3-5-8-12/h11,13H,2-10H2,1H3.